The summed E-state index contributed by atoms with van der Waals surface area (Å²) in [4.78, 5) is 15.5. The lowest BCUT2D eigenvalue weighted by molar-refractivity contribution is 0.0950. The molecule has 1 aromatic rings. The molecule has 1 N–H and O–H groups in total. The van der Waals surface area contributed by atoms with Gasteiger partial charge in [0, 0.05) is 23.3 Å². The number of nitrogens with zero attached hydrogens (tertiary/aromatic N) is 1. The summed E-state index contributed by atoms with van der Waals surface area (Å²) in [5.41, 5.74) is 2.23. The Hall–Kier alpha value is -0.870. The number of nitrogens with one attached hydrogen (secondary N) is 1. The zero-order valence-corrected chi connectivity index (χ0v) is 11.4. The average Bonchev–Trinajstić information content (AvgIpc) is 2.72. The molecule has 1 aromatic heterocycles. The highest BCUT2D eigenvalue weighted by atomic mass is 32.1. The van der Waals surface area contributed by atoms with E-state index in [0.717, 1.165) is 31.5 Å². The number of carbonyl (C=O) groups excluding carboxylic acids is 1. The summed E-state index contributed by atoms with van der Waals surface area (Å²) in [6.07, 6.45) is 4.73. The van der Waals surface area contributed by atoms with Crippen LogP contribution in [-0.2, 0) is 12.8 Å². The van der Waals surface area contributed by atoms with Gasteiger partial charge >= 0.3 is 0 Å². The van der Waals surface area contributed by atoms with Crippen molar-refractivity contribution < 1.29 is 4.79 Å². The highest BCUT2D eigenvalue weighted by molar-refractivity contribution is 7.10. The topological polar surface area (TPSA) is 32.3 Å². The van der Waals surface area contributed by atoms with E-state index in [0.29, 0.717) is 0 Å². The summed E-state index contributed by atoms with van der Waals surface area (Å²) in [6.45, 7) is 1.61. The predicted octanol–water partition coefficient (Wildman–Crippen LogP) is 1.92. The van der Waals surface area contributed by atoms with Gasteiger partial charge in [-0.2, -0.15) is 0 Å². The molecule has 0 saturated carbocycles. The maximum Gasteiger partial charge on any atom is 0.252 e. The van der Waals surface area contributed by atoms with Gasteiger partial charge in [-0.3, -0.25) is 4.79 Å². The molecule has 94 valence electrons. The molecule has 0 saturated heterocycles. The lowest BCUT2D eigenvalue weighted by atomic mass is 9.96. The number of hydrogen-bond donors (Lipinski definition) is 1. The SMILES string of the molecule is CN(C)CCNC(=O)c1csc2c1CCCC2. The number of likely N-dealkylation sites (N-methyl/N-ethyl adjacent to an activating group) is 1. The largest absolute Gasteiger partial charge is 0.351 e. The highest BCUT2D eigenvalue weighted by Gasteiger charge is 2.19. The smallest absolute Gasteiger partial charge is 0.252 e. The maximum absolute atomic E-state index is 12.0. The zero-order chi connectivity index (χ0) is 12.3. The normalized spacial score (nSPS) is 14.8. The number of fused-ring (bicyclic) bond motifs is 1. The molecule has 0 bridgehead atoms. The van der Waals surface area contributed by atoms with Crippen molar-refractivity contribution in [3.63, 3.8) is 0 Å². The molecule has 0 spiro atoms. The van der Waals surface area contributed by atoms with Crippen LogP contribution in [0.2, 0.25) is 0 Å². The van der Waals surface area contributed by atoms with Gasteiger partial charge in [0.1, 0.15) is 0 Å². The average molecular weight is 252 g/mol. The first kappa shape index (κ1) is 12.6. The second-order valence-electron chi connectivity index (χ2n) is 4.82. The van der Waals surface area contributed by atoms with Crippen LogP contribution in [0, 0.1) is 0 Å². The number of rotatable bonds is 4. The third-order valence-corrected chi connectivity index (χ3v) is 4.24. The Morgan fingerprint density at radius 1 is 1.41 bits per heavy atom. The van der Waals surface area contributed by atoms with Crippen molar-refractivity contribution in [1.82, 2.24) is 10.2 Å². The zero-order valence-electron chi connectivity index (χ0n) is 10.6. The minimum absolute atomic E-state index is 0.103. The Balaban J connectivity index is 1.97. The maximum atomic E-state index is 12.0. The first-order chi connectivity index (χ1) is 8.18. The molecule has 1 heterocycles. The first-order valence-electron chi connectivity index (χ1n) is 6.20. The van der Waals surface area contributed by atoms with E-state index >= 15 is 0 Å². The fourth-order valence-corrected chi connectivity index (χ4v) is 3.30. The van der Waals surface area contributed by atoms with Gasteiger partial charge in [0.25, 0.3) is 5.91 Å². The number of carbonyl (C=O) groups is 1. The quantitative estimate of drug-likeness (QED) is 0.888. The molecule has 0 aliphatic heterocycles. The summed E-state index contributed by atoms with van der Waals surface area (Å²) in [5.74, 6) is 0.103. The van der Waals surface area contributed by atoms with Gasteiger partial charge in [0.2, 0.25) is 0 Å². The summed E-state index contributed by atoms with van der Waals surface area (Å²) in [7, 11) is 4.03. The highest BCUT2D eigenvalue weighted by Crippen LogP contribution is 2.29. The molecule has 3 nitrogen and oxygen atoms in total. The van der Waals surface area contributed by atoms with E-state index in [4.69, 9.17) is 0 Å². The van der Waals surface area contributed by atoms with E-state index in [1.807, 2.05) is 19.5 Å². The Bertz CT molecular complexity index is 398. The Kier molecular flexibility index (Phi) is 4.18. The first-order valence-corrected chi connectivity index (χ1v) is 7.08. The second-order valence-corrected chi connectivity index (χ2v) is 5.78. The van der Waals surface area contributed by atoms with Gasteiger partial charge < -0.3 is 10.2 Å². The van der Waals surface area contributed by atoms with E-state index in [1.165, 1.54) is 23.3 Å². The lowest BCUT2D eigenvalue weighted by Crippen LogP contribution is -2.31. The number of thiophene rings is 1. The lowest BCUT2D eigenvalue weighted by Gasteiger charge is -2.13. The van der Waals surface area contributed by atoms with Crippen molar-refractivity contribution in [3.05, 3.63) is 21.4 Å². The van der Waals surface area contributed by atoms with E-state index < -0.39 is 0 Å². The second kappa shape index (κ2) is 5.65. The molecule has 4 heteroatoms. The number of aryl methyl sites for hydroxylation is 1. The van der Waals surface area contributed by atoms with Gasteiger partial charge in [0.05, 0.1) is 5.56 Å². The minimum atomic E-state index is 0.103. The summed E-state index contributed by atoms with van der Waals surface area (Å²) < 4.78 is 0. The van der Waals surface area contributed by atoms with Crippen molar-refractivity contribution >= 4 is 17.2 Å². The van der Waals surface area contributed by atoms with Gasteiger partial charge in [0.15, 0.2) is 0 Å². The van der Waals surface area contributed by atoms with Crippen molar-refractivity contribution in [1.29, 1.82) is 0 Å². The molecule has 0 atom stereocenters. The summed E-state index contributed by atoms with van der Waals surface area (Å²) in [5, 5.41) is 5.02. The van der Waals surface area contributed by atoms with Crippen LogP contribution in [0.15, 0.2) is 5.38 Å². The molecule has 2 rings (SSSR count). The fourth-order valence-electron chi connectivity index (χ4n) is 2.17. The molecule has 1 aliphatic rings. The third-order valence-electron chi connectivity index (χ3n) is 3.15. The van der Waals surface area contributed by atoms with Gasteiger partial charge in [-0.15, -0.1) is 11.3 Å². The van der Waals surface area contributed by atoms with Crippen molar-refractivity contribution in [2.75, 3.05) is 27.2 Å². The van der Waals surface area contributed by atoms with Crippen LogP contribution in [0.5, 0.6) is 0 Å². The van der Waals surface area contributed by atoms with E-state index in [9.17, 15) is 4.79 Å². The Labute approximate surface area is 107 Å². The number of hydrogen-bond acceptors (Lipinski definition) is 3. The van der Waals surface area contributed by atoms with Crippen LogP contribution in [0.1, 0.15) is 33.6 Å². The van der Waals surface area contributed by atoms with E-state index in [-0.39, 0.29) is 5.91 Å². The van der Waals surface area contributed by atoms with Crippen LogP contribution in [0.3, 0.4) is 0 Å². The van der Waals surface area contributed by atoms with Crippen LogP contribution in [-0.4, -0.2) is 38.0 Å². The standard InChI is InChI=1S/C13H20N2OS/c1-15(2)8-7-14-13(16)11-9-17-12-6-4-3-5-10(11)12/h9H,3-8H2,1-2H3,(H,14,16). The Morgan fingerprint density at radius 3 is 2.94 bits per heavy atom. The van der Waals surface area contributed by atoms with Crippen LogP contribution in [0.25, 0.3) is 0 Å². The molecule has 0 aromatic carbocycles. The molecular formula is C13H20N2OS. The molecular weight excluding hydrogens is 232 g/mol. The fraction of sp³-hybridized carbons (Fsp3) is 0.615. The van der Waals surface area contributed by atoms with Crippen LogP contribution >= 0.6 is 11.3 Å². The molecule has 0 radical (unpaired) electrons. The van der Waals surface area contributed by atoms with Crippen LogP contribution < -0.4 is 5.32 Å². The molecule has 1 amide bonds. The third kappa shape index (κ3) is 3.07. The van der Waals surface area contributed by atoms with Crippen molar-refractivity contribution in [3.8, 4) is 0 Å². The molecule has 17 heavy (non-hydrogen) atoms. The van der Waals surface area contributed by atoms with E-state index in [1.54, 1.807) is 11.3 Å². The molecule has 1 aliphatic carbocycles. The minimum Gasteiger partial charge on any atom is -0.351 e. The monoisotopic (exact) mass is 252 g/mol. The molecule has 0 fully saturated rings. The molecule has 0 unspecified atom stereocenters. The van der Waals surface area contributed by atoms with Crippen molar-refractivity contribution in [2.24, 2.45) is 0 Å². The van der Waals surface area contributed by atoms with E-state index in [2.05, 4.69) is 10.2 Å². The Morgan fingerprint density at radius 2 is 2.18 bits per heavy atom. The van der Waals surface area contributed by atoms with Gasteiger partial charge in [-0.25, -0.2) is 0 Å². The summed E-state index contributed by atoms with van der Waals surface area (Å²) in [6, 6.07) is 0. The van der Waals surface area contributed by atoms with Crippen LogP contribution in [0.4, 0.5) is 0 Å². The number of amides is 1. The van der Waals surface area contributed by atoms with Gasteiger partial charge in [-0.1, -0.05) is 0 Å². The van der Waals surface area contributed by atoms with Crippen molar-refractivity contribution in [2.45, 2.75) is 25.7 Å². The van der Waals surface area contributed by atoms with Gasteiger partial charge in [-0.05, 0) is 45.3 Å². The summed E-state index contributed by atoms with van der Waals surface area (Å²) >= 11 is 1.75. The predicted molar refractivity (Wildman–Crippen MR) is 71.8 cm³/mol.